The van der Waals surface area contributed by atoms with Crippen molar-refractivity contribution >= 4 is 39.8 Å². The van der Waals surface area contributed by atoms with Gasteiger partial charge in [0.15, 0.2) is 4.34 Å². The topological polar surface area (TPSA) is 76.1 Å². The van der Waals surface area contributed by atoms with Crippen LogP contribution in [-0.2, 0) is 4.79 Å². The standard InChI is InChI=1S/C16H22N4O2S2/c1-4-11(5-2)17-14(21)10-23-16-20-19-15(24-16)18-12-8-6-7-9-13(12)22-3/h6-9,11H,4-5,10H2,1-3H3,(H,17,21)(H,18,19). The first-order valence-electron chi connectivity index (χ1n) is 7.82. The highest BCUT2D eigenvalue weighted by molar-refractivity contribution is 8.01. The monoisotopic (exact) mass is 366 g/mol. The molecule has 2 N–H and O–H groups in total. The summed E-state index contributed by atoms with van der Waals surface area (Å²) in [6.45, 7) is 4.14. The Morgan fingerprint density at radius 1 is 1.29 bits per heavy atom. The van der Waals surface area contributed by atoms with Crippen molar-refractivity contribution in [3.05, 3.63) is 24.3 Å². The smallest absolute Gasteiger partial charge is 0.230 e. The Bertz CT molecular complexity index is 659. The Balaban J connectivity index is 1.88. The molecule has 1 aromatic heterocycles. The van der Waals surface area contributed by atoms with Gasteiger partial charge in [0.1, 0.15) is 5.75 Å². The van der Waals surface area contributed by atoms with E-state index in [9.17, 15) is 4.79 Å². The molecule has 0 spiro atoms. The molecule has 130 valence electrons. The van der Waals surface area contributed by atoms with Crippen LogP contribution in [0.15, 0.2) is 28.6 Å². The number of carbonyl (C=O) groups excluding carboxylic acids is 1. The molecule has 1 amide bonds. The van der Waals surface area contributed by atoms with Gasteiger partial charge in [-0.3, -0.25) is 4.79 Å². The number of methoxy groups -OCH3 is 1. The van der Waals surface area contributed by atoms with Gasteiger partial charge in [0.25, 0.3) is 0 Å². The van der Waals surface area contributed by atoms with Crippen molar-refractivity contribution in [2.45, 2.75) is 37.1 Å². The number of ether oxygens (including phenoxy) is 1. The van der Waals surface area contributed by atoms with Crippen LogP contribution in [0.1, 0.15) is 26.7 Å². The number of hydrogen-bond acceptors (Lipinski definition) is 7. The Labute approximate surface area is 150 Å². The van der Waals surface area contributed by atoms with Gasteiger partial charge in [-0.15, -0.1) is 10.2 Å². The fourth-order valence-corrected chi connectivity index (χ4v) is 3.65. The molecule has 0 atom stereocenters. The predicted octanol–water partition coefficient (Wildman–Crippen LogP) is 3.69. The molecule has 0 aliphatic carbocycles. The fourth-order valence-electron chi connectivity index (χ4n) is 2.07. The molecule has 2 aromatic rings. The number of hydrogen-bond donors (Lipinski definition) is 2. The molecule has 0 saturated carbocycles. The number of nitrogens with one attached hydrogen (secondary N) is 2. The van der Waals surface area contributed by atoms with Crippen LogP contribution in [0.5, 0.6) is 5.75 Å². The molecule has 0 radical (unpaired) electrons. The summed E-state index contributed by atoms with van der Waals surface area (Å²) in [6, 6.07) is 7.86. The number of benzene rings is 1. The average molecular weight is 367 g/mol. The molecule has 0 bridgehead atoms. The molecule has 0 saturated heterocycles. The van der Waals surface area contributed by atoms with Crippen LogP contribution in [0.4, 0.5) is 10.8 Å². The van der Waals surface area contributed by atoms with Gasteiger partial charge in [-0.05, 0) is 25.0 Å². The summed E-state index contributed by atoms with van der Waals surface area (Å²) in [5.41, 5.74) is 0.833. The van der Waals surface area contributed by atoms with Gasteiger partial charge in [0.2, 0.25) is 11.0 Å². The highest BCUT2D eigenvalue weighted by Gasteiger charge is 2.12. The maximum Gasteiger partial charge on any atom is 0.230 e. The van der Waals surface area contributed by atoms with Crippen molar-refractivity contribution in [1.29, 1.82) is 0 Å². The molecular formula is C16H22N4O2S2. The van der Waals surface area contributed by atoms with Gasteiger partial charge in [-0.25, -0.2) is 0 Å². The number of aromatic nitrogens is 2. The second-order valence-electron chi connectivity index (χ2n) is 5.07. The fraction of sp³-hybridized carbons (Fsp3) is 0.438. The van der Waals surface area contributed by atoms with Crippen molar-refractivity contribution < 1.29 is 9.53 Å². The van der Waals surface area contributed by atoms with E-state index in [4.69, 9.17) is 4.74 Å². The summed E-state index contributed by atoms with van der Waals surface area (Å²) in [7, 11) is 1.63. The van der Waals surface area contributed by atoms with Gasteiger partial charge in [0.05, 0.1) is 18.6 Å². The maximum absolute atomic E-state index is 11.9. The van der Waals surface area contributed by atoms with Crippen LogP contribution in [0.3, 0.4) is 0 Å². The highest BCUT2D eigenvalue weighted by Crippen LogP contribution is 2.31. The lowest BCUT2D eigenvalue weighted by Gasteiger charge is -2.13. The number of nitrogens with zero attached hydrogens (tertiary/aromatic N) is 2. The molecule has 0 aliphatic rings. The van der Waals surface area contributed by atoms with Crippen molar-refractivity contribution in [2.75, 3.05) is 18.2 Å². The molecule has 0 aliphatic heterocycles. The van der Waals surface area contributed by atoms with Gasteiger partial charge in [0, 0.05) is 6.04 Å². The van der Waals surface area contributed by atoms with Crippen molar-refractivity contribution in [1.82, 2.24) is 15.5 Å². The summed E-state index contributed by atoms with van der Waals surface area (Å²) in [4.78, 5) is 11.9. The third-order valence-electron chi connectivity index (χ3n) is 3.43. The first kappa shape index (κ1) is 18.5. The summed E-state index contributed by atoms with van der Waals surface area (Å²) < 4.78 is 6.05. The normalized spacial score (nSPS) is 10.7. The SMILES string of the molecule is CCC(CC)NC(=O)CSc1nnc(Nc2ccccc2OC)s1. The van der Waals surface area contributed by atoms with Gasteiger partial charge >= 0.3 is 0 Å². The van der Waals surface area contributed by atoms with Crippen molar-refractivity contribution in [3.8, 4) is 5.75 Å². The van der Waals surface area contributed by atoms with E-state index in [1.165, 1.54) is 23.1 Å². The van der Waals surface area contributed by atoms with Crippen molar-refractivity contribution in [2.24, 2.45) is 0 Å². The van der Waals surface area contributed by atoms with Crippen LogP contribution >= 0.6 is 23.1 Å². The Kier molecular flexibility index (Phi) is 7.33. The average Bonchev–Trinajstić information content (AvgIpc) is 3.05. The minimum Gasteiger partial charge on any atom is -0.495 e. The van der Waals surface area contributed by atoms with E-state index < -0.39 is 0 Å². The van der Waals surface area contributed by atoms with Crippen LogP contribution in [0, 0.1) is 0 Å². The number of carbonyl (C=O) groups is 1. The minimum absolute atomic E-state index is 0.0307. The van der Waals surface area contributed by atoms with E-state index in [-0.39, 0.29) is 11.9 Å². The Hall–Kier alpha value is -1.80. The molecular weight excluding hydrogens is 344 g/mol. The van der Waals surface area contributed by atoms with E-state index in [2.05, 4.69) is 34.7 Å². The molecule has 1 aromatic carbocycles. The zero-order chi connectivity index (χ0) is 17.4. The first-order valence-corrected chi connectivity index (χ1v) is 9.62. The highest BCUT2D eigenvalue weighted by atomic mass is 32.2. The Morgan fingerprint density at radius 2 is 2.04 bits per heavy atom. The summed E-state index contributed by atoms with van der Waals surface area (Å²) in [5.74, 6) is 1.12. The summed E-state index contributed by atoms with van der Waals surface area (Å²) in [6.07, 6.45) is 1.89. The number of thioether (sulfide) groups is 1. The zero-order valence-corrected chi connectivity index (χ0v) is 15.7. The molecule has 2 rings (SSSR count). The number of amides is 1. The van der Waals surface area contributed by atoms with E-state index in [0.29, 0.717) is 10.9 Å². The number of rotatable bonds is 9. The third kappa shape index (κ3) is 5.38. The Morgan fingerprint density at radius 3 is 2.75 bits per heavy atom. The predicted molar refractivity (Wildman–Crippen MR) is 99.4 cm³/mol. The quantitative estimate of drug-likeness (QED) is 0.659. The lowest BCUT2D eigenvalue weighted by Crippen LogP contribution is -2.34. The van der Waals surface area contributed by atoms with Crippen LogP contribution in [0.2, 0.25) is 0 Å². The molecule has 0 fully saturated rings. The molecule has 1 heterocycles. The second-order valence-corrected chi connectivity index (χ2v) is 7.27. The van der Waals surface area contributed by atoms with Gasteiger partial charge < -0.3 is 15.4 Å². The largest absolute Gasteiger partial charge is 0.495 e. The molecule has 6 nitrogen and oxygen atoms in total. The number of anilines is 2. The summed E-state index contributed by atoms with van der Waals surface area (Å²) >= 11 is 2.81. The second kappa shape index (κ2) is 9.48. The van der Waals surface area contributed by atoms with Crippen molar-refractivity contribution in [3.63, 3.8) is 0 Å². The lowest BCUT2D eigenvalue weighted by atomic mass is 10.2. The van der Waals surface area contributed by atoms with Crippen LogP contribution < -0.4 is 15.4 Å². The molecule has 0 unspecified atom stereocenters. The van der Waals surface area contributed by atoms with E-state index >= 15 is 0 Å². The van der Waals surface area contributed by atoms with Crippen LogP contribution in [0.25, 0.3) is 0 Å². The molecule has 24 heavy (non-hydrogen) atoms. The van der Waals surface area contributed by atoms with E-state index in [0.717, 1.165) is 28.6 Å². The maximum atomic E-state index is 11.9. The minimum atomic E-state index is 0.0307. The van der Waals surface area contributed by atoms with Gasteiger partial charge in [-0.1, -0.05) is 49.1 Å². The lowest BCUT2D eigenvalue weighted by molar-refractivity contribution is -0.119. The first-order chi connectivity index (χ1) is 11.7. The molecule has 8 heteroatoms. The number of para-hydroxylation sites is 2. The van der Waals surface area contributed by atoms with E-state index in [1.807, 2.05) is 24.3 Å². The van der Waals surface area contributed by atoms with Crippen LogP contribution in [-0.4, -0.2) is 35.0 Å². The van der Waals surface area contributed by atoms with Gasteiger partial charge in [-0.2, -0.15) is 0 Å². The third-order valence-corrected chi connectivity index (χ3v) is 5.40. The summed E-state index contributed by atoms with van der Waals surface area (Å²) in [5, 5.41) is 15.1. The zero-order valence-electron chi connectivity index (χ0n) is 14.0. The van der Waals surface area contributed by atoms with E-state index in [1.54, 1.807) is 7.11 Å².